The van der Waals surface area contributed by atoms with Crippen LogP contribution in [0.3, 0.4) is 0 Å². The molecule has 3 atom stereocenters. The van der Waals surface area contributed by atoms with Crippen molar-refractivity contribution in [3.63, 3.8) is 0 Å². The first-order chi connectivity index (χ1) is 22.3. The molecular formula is C41H33N3O. The van der Waals surface area contributed by atoms with Gasteiger partial charge in [-0.2, -0.15) is 0 Å². The van der Waals surface area contributed by atoms with Gasteiger partial charge in [-0.05, 0) is 60.4 Å². The average molecular weight is 584 g/mol. The summed E-state index contributed by atoms with van der Waals surface area (Å²) >= 11 is 0. The number of aryl methyl sites for hydroxylation is 1. The molecule has 4 heteroatoms. The molecule has 2 aromatic heterocycles. The third-order valence-electron chi connectivity index (χ3n) is 9.89. The van der Waals surface area contributed by atoms with Crippen molar-refractivity contribution < 1.29 is 4.42 Å². The Hall–Kier alpha value is -5.09. The Balaban J connectivity index is 1.11. The first-order valence-corrected chi connectivity index (χ1v) is 16.2. The largest absolute Gasteiger partial charge is 0.460 e. The summed E-state index contributed by atoms with van der Waals surface area (Å²) < 4.78 is 6.23. The summed E-state index contributed by atoms with van der Waals surface area (Å²) in [5.74, 6) is 4.33. The van der Waals surface area contributed by atoms with Crippen LogP contribution >= 0.6 is 0 Å². The maximum atomic E-state index is 6.23. The van der Waals surface area contributed by atoms with Gasteiger partial charge in [0.05, 0.1) is 0 Å². The molecule has 0 saturated carbocycles. The van der Waals surface area contributed by atoms with E-state index >= 15 is 0 Å². The number of furan rings is 1. The molecule has 3 aromatic carbocycles. The van der Waals surface area contributed by atoms with Gasteiger partial charge >= 0.3 is 0 Å². The van der Waals surface area contributed by atoms with Crippen LogP contribution in [0.4, 0.5) is 0 Å². The van der Waals surface area contributed by atoms with Crippen molar-refractivity contribution in [3.05, 3.63) is 144 Å². The molecule has 4 aliphatic rings. The summed E-state index contributed by atoms with van der Waals surface area (Å²) in [4.78, 5) is 15.4. The molecule has 2 heterocycles. The molecule has 4 aliphatic carbocycles. The van der Waals surface area contributed by atoms with E-state index in [1.165, 1.54) is 32.9 Å². The minimum absolute atomic E-state index is 0.202. The quantitative estimate of drug-likeness (QED) is 0.198. The zero-order chi connectivity index (χ0) is 29.7. The second kappa shape index (κ2) is 10.8. The minimum Gasteiger partial charge on any atom is -0.460 e. The van der Waals surface area contributed by atoms with Gasteiger partial charge in [0.15, 0.2) is 17.5 Å². The Morgan fingerprint density at radius 2 is 1.62 bits per heavy atom. The maximum absolute atomic E-state index is 6.23. The molecule has 45 heavy (non-hydrogen) atoms. The van der Waals surface area contributed by atoms with Crippen molar-refractivity contribution in [3.8, 4) is 11.4 Å². The Morgan fingerprint density at radius 3 is 2.56 bits per heavy atom. The van der Waals surface area contributed by atoms with Gasteiger partial charge in [-0.1, -0.05) is 115 Å². The normalized spacial score (nSPS) is 22.1. The van der Waals surface area contributed by atoms with E-state index in [4.69, 9.17) is 19.4 Å². The highest BCUT2D eigenvalue weighted by atomic mass is 16.3. The SMILES string of the molecule is C1=CC2C(C=CCC2C2=Cc3c(oc4ccccc34)CC2)C(c2nc(C3=CCCC=C3)nc(-c3ccc4ccccc4c3)n2)=C1. The van der Waals surface area contributed by atoms with E-state index < -0.39 is 0 Å². The number of rotatable bonds is 4. The first-order valence-electron chi connectivity index (χ1n) is 16.2. The predicted octanol–water partition coefficient (Wildman–Crippen LogP) is 9.96. The number of hydrogen-bond donors (Lipinski definition) is 0. The lowest BCUT2D eigenvalue weighted by atomic mass is 9.66. The second-order valence-electron chi connectivity index (χ2n) is 12.5. The summed E-state index contributed by atoms with van der Waals surface area (Å²) in [6, 6.07) is 23.4. The van der Waals surface area contributed by atoms with Crippen molar-refractivity contribution in [2.45, 2.75) is 32.1 Å². The molecule has 4 nitrogen and oxygen atoms in total. The van der Waals surface area contributed by atoms with Crippen molar-refractivity contribution >= 4 is 39.0 Å². The fourth-order valence-corrected chi connectivity index (χ4v) is 7.63. The fourth-order valence-electron chi connectivity index (χ4n) is 7.63. The van der Waals surface area contributed by atoms with E-state index in [0.29, 0.717) is 11.8 Å². The van der Waals surface area contributed by atoms with Gasteiger partial charge in [0.2, 0.25) is 0 Å². The second-order valence-corrected chi connectivity index (χ2v) is 12.5. The van der Waals surface area contributed by atoms with Crippen LogP contribution in [0.15, 0.2) is 125 Å². The predicted molar refractivity (Wildman–Crippen MR) is 183 cm³/mol. The lowest BCUT2D eigenvalue weighted by molar-refractivity contribution is 0.378. The molecule has 0 saturated heterocycles. The van der Waals surface area contributed by atoms with Crippen LogP contribution in [-0.4, -0.2) is 15.0 Å². The van der Waals surface area contributed by atoms with Crippen molar-refractivity contribution in [2.75, 3.05) is 0 Å². The third-order valence-corrected chi connectivity index (χ3v) is 9.89. The van der Waals surface area contributed by atoms with Crippen LogP contribution in [0.2, 0.25) is 0 Å². The zero-order valence-electron chi connectivity index (χ0n) is 25.1. The van der Waals surface area contributed by atoms with Crippen molar-refractivity contribution in [1.82, 2.24) is 15.0 Å². The van der Waals surface area contributed by atoms with E-state index in [-0.39, 0.29) is 5.92 Å². The summed E-state index contributed by atoms with van der Waals surface area (Å²) in [6.07, 6.45) is 25.7. The number of aromatic nitrogens is 3. The zero-order valence-corrected chi connectivity index (χ0v) is 25.1. The van der Waals surface area contributed by atoms with Crippen LogP contribution in [0, 0.1) is 17.8 Å². The molecule has 0 radical (unpaired) electrons. The molecule has 0 N–H and O–H groups in total. The summed E-state index contributed by atoms with van der Waals surface area (Å²) in [6.45, 7) is 0. The third kappa shape index (κ3) is 4.64. The van der Waals surface area contributed by atoms with Crippen LogP contribution < -0.4 is 0 Å². The molecule has 0 amide bonds. The number of benzene rings is 3. The Morgan fingerprint density at radius 1 is 0.756 bits per heavy atom. The van der Waals surface area contributed by atoms with Gasteiger partial charge in [-0.3, -0.25) is 0 Å². The van der Waals surface area contributed by atoms with Crippen molar-refractivity contribution in [2.24, 2.45) is 17.8 Å². The molecule has 9 rings (SSSR count). The van der Waals surface area contributed by atoms with Gasteiger partial charge in [-0.15, -0.1) is 0 Å². The van der Waals surface area contributed by atoms with E-state index in [1.807, 2.05) is 0 Å². The first kappa shape index (κ1) is 26.3. The highest BCUT2D eigenvalue weighted by Gasteiger charge is 2.37. The minimum atomic E-state index is 0.202. The van der Waals surface area contributed by atoms with E-state index in [0.717, 1.165) is 72.1 Å². The Kier molecular flexibility index (Phi) is 6.33. The van der Waals surface area contributed by atoms with Gasteiger partial charge in [0, 0.05) is 40.0 Å². The lowest BCUT2D eigenvalue weighted by Gasteiger charge is -2.38. The number of fused-ring (bicyclic) bond motifs is 5. The molecular weight excluding hydrogens is 550 g/mol. The molecule has 218 valence electrons. The molecule has 0 aliphatic heterocycles. The topological polar surface area (TPSA) is 51.8 Å². The van der Waals surface area contributed by atoms with Gasteiger partial charge in [-0.25, -0.2) is 15.0 Å². The number of nitrogens with zero attached hydrogens (tertiary/aromatic N) is 3. The number of para-hydroxylation sites is 1. The highest BCUT2D eigenvalue weighted by molar-refractivity contribution is 5.90. The van der Waals surface area contributed by atoms with Crippen molar-refractivity contribution in [1.29, 1.82) is 0 Å². The Labute approximate surface area is 263 Å². The maximum Gasteiger partial charge on any atom is 0.164 e. The molecule has 0 spiro atoms. The smallest absolute Gasteiger partial charge is 0.164 e. The van der Waals surface area contributed by atoms with E-state index in [1.54, 1.807) is 0 Å². The lowest BCUT2D eigenvalue weighted by Crippen LogP contribution is -2.29. The molecule has 3 unspecified atom stereocenters. The molecule has 0 bridgehead atoms. The summed E-state index contributed by atoms with van der Waals surface area (Å²) in [5.41, 5.74) is 7.02. The van der Waals surface area contributed by atoms with Gasteiger partial charge < -0.3 is 4.42 Å². The van der Waals surface area contributed by atoms with Gasteiger partial charge in [0.1, 0.15) is 11.3 Å². The standard InChI is InChI=1S/C41H33N3O/c1-2-11-27(12-3-1)39-42-40(30-21-20-26-10-4-5-13-28(26)24-30)44-41(43-39)35-18-9-16-32-31(15-8-17-33(32)35)29-22-23-38-36(25-29)34-14-6-7-19-37(34)45-38/h2,4-14,16-21,24-25,31-33H,1,3,15,22-23H2. The average Bonchev–Trinajstić information content (AvgIpc) is 3.49. The van der Waals surface area contributed by atoms with Gasteiger partial charge in [0.25, 0.3) is 0 Å². The van der Waals surface area contributed by atoms with Crippen LogP contribution in [-0.2, 0) is 6.42 Å². The number of hydrogen-bond acceptors (Lipinski definition) is 4. The Bertz CT molecular complexity index is 2170. The fraction of sp³-hybridized carbons (Fsp3) is 0.195. The van der Waals surface area contributed by atoms with Crippen LogP contribution in [0.1, 0.15) is 48.7 Å². The summed E-state index contributed by atoms with van der Waals surface area (Å²) in [7, 11) is 0. The van der Waals surface area contributed by atoms with E-state index in [9.17, 15) is 0 Å². The highest BCUT2D eigenvalue weighted by Crippen LogP contribution is 2.47. The van der Waals surface area contributed by atoms with E-state index in [2.05, 4.69) is 121 Å². The van der Waals surface area contributed by atoms with Crippen LogP contribution in [0.25, 0.3) is 50.4 Å². The molecule has 0 fully saturated rings. The van der Waals surface area contributed by atoms with Crippen LogP contribution in [0.5, 0.6) is 0 Å². The molecule has 5 aromatic rings. The number of allylic oxidation sites excluding steroid dienone is 11. The summed E-state index contributed by atoms with van der Waals surface area (Å²) in [5, 5.41) is 3.61. The monoisotopic (exact) mass is 583 g/mol.